The van der Waals surface area contributed by atoms with Crippen LogP contribution in [0.25, 0.3) is 10.9 Å². The first-order chi connectivity index (χ1) is 12.8. The Morgan fingerprint density at radius 1 is 1.52 bits per heavy atom. The van der Waals surface area contributed by atoms with E-state index in [4.69, 9.17) is 4.74 Å². The Labute approximate surface area is 175 Å². The lowest BCUT2D eigenvalue weighted by atomic mass is 10.1. The number of nitrogens with zero attached hydrogens (tertiary/aromatic N) is 3. The summed E-state index contributed by atoms with van der Waals surface area (Å²) in [6.07, 6.45) is 4.80. The van der Waals surface area contributed by atoms with Crippen molar-refractivity contribution in [1.82, 2.24) is 10.3 Å². The number of amides is 1. The Morgan fingerprint density at radius 2 is 2.26 bits per heavy atom. The van der Waals surface area contributed by atoms with Gasteiger partial charge < -0.3 is 14.9 Å². The number of hydrogen-bond acceptors (Lipinski definition) is 7. The van der Waals surface area contributed by atoms with Crippen LogP contribution in [0.3, 0.4) is 0 Å². The Balaban J connectivity index is 2.23. The molecule has 2 atom stereocenters. The van der Waals surface area contributed by atoms with Crippen molar-refractivity contribution in [3.05, 3.63) is 33.5 Å². The van der Waals surface area contributed by atoms with Gasteiger partial charge in [0, 0.05) is 15.2 Å². The van der Waals surface area contributed by atoms with Gasteiger partial charge in [0.2, 0.25) is 5.44 Å². The van der Waals surface area contributed by atoms with Crippen molar-refractivity contribution in [2.24, 2.45) is 5.16 Å². The second-order valence-corrected chi connectivity index (χ2v) is 8.02. The number of oxime groups is 1. The van der Waals surface area contributed by atoms with Gasteiger partial charge in [-0.2, -0.15) is 5.26 Å². The molecular formula is C18H19IN4O3S. The number of hydrogen-bond donors (Lipinski definition) is 1. The summed E-state index contributed by atoms with van der Waals surface area (Å²) >= 11 is 3.43. The van der Waals surface area contributed by atoms with Crippen molar-refractivity contribution in [3.63, 3.8) is 0 Å². The second kappa shape index (κ2) is 9.23. The third kappa shape index (κ3) is 5.46. The molecule has 27 heavy (non-hydrogen) atoms. The third-order valence-electron chi connectivity index (χ3n) is 3.62. The SMILES string of the molecule is CO/N=C/C(C)(C#N)NC(=O)C(Oc1cc(C)c2ncc(I)cc2c1)SC. The molecule has 0 bridgehead atoms. The molecule has 1 amide bonds. The van der Waals surface area contributed by atoms with Crippen LogP contribution in [-0.4, -0.2) is 41.4 Å². The van der Waals surface area contributed by atoms with E-state index in [1.54, 1.807) is 12.5 Å². The number of nitriles is 1. The molecule has 0 aliphatic rings. The summed E-state index contributed by atoms with van der Waals surface area (Å²) in [7, 11) is 1.36. The molecule has 9 heteroatoms. The lowest BCUT2D eigenvalue weighted by molar-refractivity contribution is -0.125. The lowest BCUT2D eigenvalue weighted by Gasteiger charge is -2.22. The summed E-state index contributed by atoms with van der Waals surface area (Å²) in [5.74, 6) is 0.120. The first-order valence-corrected chi connectivity index (χ1v) is 10.2. The van der Waals surface area contributed by atoms with Crippen LogP contribution in [0.4, 0.5) is 0 Å². The van der Waals surface area contributed by atoms with Gasteiger partial charge in [-0.1, -0.05) is 5.16 Å². The molecule has 0 spiro atoms. The van der Waals surface area contributed by atoms with Crippen LogP contribution in [0.15, 0.2) is 29.6 Å². The van der Waals surface area contributed by atoms with Crippen molar-refractivity contribution >= 4 is 57.4 Å². The van der Waals surface area contributed by atoms with Crippen LogP contribution in [0, 0.1) is 21.8 Å². The Hall–Kier alpha value is -2.06. The van der Waals surface area contributed by atoms with Gasteiger partial charge in [-0.3, -0.25) is 9.78 Å². The number of benzene rings is 1. The topological polar surface area (TPSA) is 96.6 Å². The largest absolute Gasteiger partial charge is 0.470 e. The fourth-order valence-corrected chi connectivity index (χ4v) is 3.29. The summed E-state index contributed by atoms with van der Waals surface area (Å²) in [5, 5.41) is 16.5. The molecule has 0 saturated carbocycles. The maximum atomic E-state index is 12.6. The average Bonchev–Trinajstić information content (AvgIpc) is 2.64. The van der Waals surface area contributed by atoms with Crippen LogP contribution in [0.2, 0.25) is 0 Å². The van der Waals surface area contributed by atoms with Crippen molar-refractivity contribution in [2.75, 3.05) is 13.4 Å². The van der Waals surface area contributed by atoms with Gasteiger partial charge >= 0.3 is 0 Å². The smallest absolute Gasteiger partial charge is 0.273 e. The number of carbonyl (C=O) groups excluding carboxylic acids is 1. The van der Waals surface area contributed by atoms with Gasteiger partial charge in [-0.15, -0.1) is 11.8 Å². The molecule has 0 radical (unpaired) electrons. The van der Waals surface area contributed by atoms with Gasteiger partial charge in [0.05, 0.1) is 17.8 Å². The fourth-order valence-electron chi connectivity index (χ4n) is 2.33. The number of ether oxygens (including phenoxy) is 1. The van der Waals surface area contributed by atoms with E-state index in [2.05, 4.69) is 42.9 Å². The zero-order valence-corrected chi connectivity index (χ0v) is 18.3. The third-order valence-corrected chi connectivity index (χ3v) is 4.94. The summed E-state index contributed by atoms with van der Waals surface area (Å²) in [5.41, 5.74) is -0.292. The second-order valence-electron chi connectivity index (χ2n) is 5.87. The molecule has 0 aliphatic heterocycles. The van der Waals surface area contributed by atoms with Gasteiger partial charge in [-0.25, -0.2) is 0 Å². The van der Waals surface area contributed by atoms with E-state index in [0.717, 1.165) is 20.0 Å². The van der Waals surface area contributed by atoms with E-state index in [1.807, 2.05) is 31.2 Å². The minimum atomic E-state index is -1.30. The molecule has 2 unspecified atom stereocenters. The van der Waals surface area contributed by atoms with E-state index in [1.165, 1.54) is 32.0 Å². The number of thioether (sulfide) groups is 1. The van der Waals surface area contributed by atoms with E-state index < -0.39 is 16.9 Å². The van der Waals surface area contributed by atoms with Crippen molar-refractivity contribution in [1.29, 1.82) is 5.26 Å². The van der Waals surface area contributed by atoms with Crippen molar-refractivity contribution in [2.45, 2.75) is 24.8 Å². The number of aryl methyl sites for hydroxylation is 1. The van der Waals surface area contributed by atoms with E-state index in [9.17, 15) is 10.1 Å². The van der Waals surface area contributed by atoms with Crippen LogP contribution in [0.1, 0.15) is 12.5 Å². The standard InChI is InChI=1S/C18H19IN4O3S/c1-11-5-14(7-12-6-13(19)8-21-15(11)12)26-17(27-4)16(24)23-18(2,9-20)10-22-25-3/h5-8,10,17H,1-4H3,(H,23,24)/b22-10+. The number of nitrogens with one attached hydrogen (secondary N) is 1. The van der Waals surface area contributed by atoms with Crippen molar-refractivity contribution < 1.29 is 14.4 Å². The molecule has 2 aromatic rings. The molecule has 2 rings (SSSR count). The number of aromatic nitrogens is 1. The van der Waals surface area contributed by atoms with Crippen LogP contribution >= 0.6 is 34.4 Å². The molecule has 1 N–H and O–H groups in total. The predicted octanol–water partition coefficient (Wildman–Crippen LogP) is 3.25. The molecular weight excluding hydrogens is 479 g/mol. The minimum Gasteiger partial charge on any atom is -0.470 e. The molecule has 0 fully saturated rings. The molecule has 7 nitrogen and oxygen atoms in total. The van der Waals surface area contributed by atoms with E-state index >= 15 is 0 Å². The number of carbonyl (C=O) groups is 1. The van der Waals surface area contributed by atoms with Gasteiger partial charge in [-0.05, 0) is 66.5 Å². The van der Waals surface area contributed by atoms with Crippen LogP contribution in [-0.2, 0) is 9.63 Å². The first-order valence-electron chi connectivity index (χ1n) is 7.88. The molecule has 1 heterocycles. The highest BCUT2D eigenvalue weighted by molar-refractivity contribution is 14.1. The maximum absolute atomic E-state index is 12.6. The van der Waals surface area contributed by atoms with Gasteiger partial charge in [0.15, 0.2) is 5.54 Å². The zero-order valence-electron chi connectivity index (χ0n) is 15.3. The minimum absolute atomic E-state index is 0.437. The van der Waals surface area contributed by atoms with Crippen LogP contribution in [0.5, 0.6) is 5.75 Å². The highest BCUT2D eigenvalue weighted by atomic mass is 127. The number of pyridine rings is 1. The quantitative estimate of drug-likeness (QED) is 0.273. The van der Waals surface area contributed by atoms with Gasteiger partial charge in [0.25, 0.3) is 5.91 Å². The summed E-state index contributed by atoms with van der Waals surface area (Å²) < 4.78 is 6.90. The normalized spacial score (nSPS) is 14.4. The summed E-state index contributed by atoms with van der Waals surface area (Å²) in [6, 6.07) is 7.69. The number of fused-ring (bicyclic) bond motifs is 1. The summed E-state index contributed by atoms with van der Waals surface area (Å²) in [6.45, 7) is 3.47. The summed E-state index contributed by atoms with van der Waals surface area (Å²) in [4.78, 5) is 21.6. The zero-order chi connectivity index (χ0) is 20.0. The fraction of sp³-hybridized carbons (Fsp3) is 0.333. The first kappa shape index (κ1) is 21.2. The Morgan fingerprint density at radius 3 is 2.89 bits per heavy atom. The van der Waals surface area contributed by atoms with Crippen LogP contribution < -0.4 is 10.1 Å². The number of rotatable bonds is 7. The van der Waals surface area contributed by atoms with Crippen molar-refractivity contribution in [3.8, 4) is 11.8 Å². The highest BCUT2D eigenvalue weighted by Gasteiger charge is 2.29. The lowest BCUT2D eigenvalue weighted by Crippen LogP contribution is -2.50. The van der Waals surface area contributed by atoms with E-state index in [0.29, 0.717) is 5.75 Å². The van der Waals surface area contributed by atoms with E-state index in [-0.39, 0.29) is 0 Å². The molecule has 1 aromatic heterocycles. The Kier molecular flexibility index (Phi) is 7.26. The number of halogens is 1. The molecule has 142 valence electrons. The monoisotopic (exact) mass is 498 g/mol. The highest BCUT2D eigenvalue weighted by Crippen LogP contribution is 2.27. The molecule has 0 saturated heterocycles. The predicted molar refractivity (Wildman–Crippen MR) is 115 cm³/mol. The molecule has 0 aliphatic carbocycles. The maximum Gasteiger partial charge on any atom is 0.273 e. The van der Waals surface area contributed by atoms with Gasteiger partial charge in [0.1, 0.15) is 12.9 Å². The molecule has 1 aromatic carbocycles. The Bertz CT molecular complexity index is 915. The average molecular weight is 498 g/mol.